The van der Waals surface area contributed by atoms with E-state index in [4.69, 9.17) is 13.9 Å². The lowest BCUT2D eigenvalue weighted by molar-refractivity contribution is 0.0132. The molecule has 0 N–H and O–H groups in total. The summed E-state index contributed by atoms with van der Waals surface area (Å²) in [7, 11) is 0. The van der Waals surface area contributed by atoms with Crippen molar-refractivity contribution in [2.45, 2.75) is 38.9 Å². The Balaban J connectivity index is 2.02. The number of carbonyl (C=O) groups excluding carboxylic acids is 1. The zero-order chi connectivity index (χ0) is 13.9. The number of hydrogen-bond acceptors (Lipinski definition) is 5. The monoisotopic (exact) mass is 268 g/mol. The molecule has 1 saturated heterocycles. The highest BCUT2D eigenvalue weighted by Gasteiger charge is 2.28. The fraction of sp³-hybridized carbons (Fsp3) is 0.692. The van der Waals surface area contributed by atoms with Crippen LogP contribution in [-0.2, 0) is 9.47 Å². The van der Waals surface area contributed by atoms with Gasteiger partial charge in [0.05, 0.1) is 6.54 Å². The number of carbonyl (C=O) groups is 1. The molecule has 1 aliphatic rings. The van der Waals surface area contributed by atoms with Gasteiger partial charge in [-0.15, -0.1) is 0 Å². The Morgan fingerprint density at radius 2 is 2.32 bits per heavy atom. The minimum absolute atomic E-state index is 0.256. The molecule has 2 heterocycles. The van der Waals surface area contributed by atoms with Crippen molar-refractivity contribution in [1.29, 1.82) is 0 Å². The molecular formula is C13H20N2O4. The second kappa shape index (κ2) is 5.61. The lowest BCUT2D eigenvalue weighted by atomic mass is 10.2. The highest BCUT2D eigenvalue weighted by molar-refractivity contribution is 5.68. The van der Waals surface area contributed by atoms with Crippen molar-refractivity contribution in [3.05, 3.63) is 18.4 Å². The molecule has 0 saturated carbocycles. The maximum Gasteiger partial charge on any atom is 0.410 e. The molecule has 0 bridgehead atoms. The average molecular weight is 268 g/mol. The molecule has 0 aromatic carbocycles. The predicted octanol–water partition coefficient (Wildman–Crippen LogP) is 2.37. The van der Waals surface area contributed by atoms with Gasteiger partial charge < -0.3 is 18.8 Å². The molecule has 0 radical (unpaired) electrons. The van der Waals surface area contributed by atoms with Crippen molar-refractivity contribution >= 4 is 6.09 Å². The predicted molar refractivity (Wildman–Crippen MR) is 67.6 cm³/mol. The van der Waals surface area contributed by atoms with Crippen molar-refractivity contribution in [2.24, 2.45) is 0 Å². The van der Waals surface area contributed by atoms with Crippen molar-refractivity contribution in [2.75, 3.05) is 19.7 Å². The van der Waals surface area contributed by atoms with Crippen LogP contribution in [0.1, 0.15) is 39.0 Å². The maximum absolute atomic E-state index is 12.1. The molecule has 19 heavy (non-hydrogen) atoms. The van der Waals surface area contributed by atoms with E-state index in [9.17, 15) is 4.79 Å². The first-order valence-electron chi connectivity index (χ1n) is 6.43. The summed E-state index contributed by atoms with van der Waals surface area (Å²) in [6.45, 7) is 7.22. The first-order valence-corrected chi connectivity index (χ1v) is 6.43. The van der Waals surface area contributed by atoms with Gasteiger partial charge in [0.15, 0.2) is 6.39 Å². The molecule has 6 nitrogen and oxygen atoms in total. The van der Waals surface area contributed by atoms with Gasteiger partial charge in [-0.25, -0.2) is 9.78 Å². The number of hydrogen-bond donors (Lipinski definition) is 0. The first-order chi connectivity index (χ1) is 8.96. The SMILES string of the molecule is CC(C)(C)OC(=O)N1CCCOC(c2cocn2)C1. The van der Waals surface area contributed by atoms with Gasteiger partial charge in [-0.3, -0.25) is 0 Å². The summed E-state index contributed by atoms with van der Waals surface area (Å²) in [6.07, 6.45) is 3.12. The van der Waals surface area contributed by atoms with E-state index in [1.807, 2.05) is 20.8 Å². The molecule has 0 spiro atoms. The molecule has 6 heteroatoms. The van der Waals surface area contributed by atoms with Crippen LogP contribution >= 0.6 is 0 Å². The van der Waals surface area contributed by atoms with Gasteiger partial charge in [0.25, 0.3) is 0 Å². The third-order valence-corrected chi connectivity index (χ3v) is 2.71. The van der Waals surface area contributed by atoms with E-state index in [1.54, 1.807) is 11.2 Å². The van der Waals surface area contributed by atoms with E-state index in [0.29, 0.717) is 25.4 Å². The van der Waals surface area contributed by atoms with Gasteiger partial charge in [0.1, 0.15) is 23.7 Å². The zero-order valence-electron chi connectivity index (χ0n) is 11.6. The molecule has 1 aromatic rings. The van der Waals surface area contributed by atoms with E-state index in [0.717, 1.165) is 6.42 Å². The standard InChI is InChI=1S/C13H20N2O4/c1-13(2,3)19-12(16)15-5-4-6-18-11(7-15)10-8-17-9-14-10/h8-9,11H,4-7H2,1-3H3. The van der Waals surface area contributed by atoms with Crippen LogP contribution in [0.4, 0.5) is 4.79 Å². The lowest BCUT2D eigenvalue weighted by Gasteiger charge is -2.27. The molecular weight excluding hydrogens is 248 g/mol. The Labute approximate surface area is 112 Å². The van der Waals surface area contributed by atoms with Crippen LogP contribution in [0.25, 0.3) is 0 Å². The highest BCUT2D eigenvalue weighted by atomic mass is 16.6. The van der Waals surface area contributed by atoms with Gasteiger partial charge in [-0.05, 0) is 27.2 Å². The molecule has 1 aromatic heterocycles. The number of aromatic nitrogens is 1. The Morgan fingerprint density at radius 1 is 1.53 bits per heavy atom. The minimum Gasteiger partial charge on any atom is -0.451 e. The number of amides is 1. The van der Waals surface area contributed by atoms with Gasteiger partial charge in [0.2, 0.25) is 0 Å². The van der Waals surface area contributed by atoms with Gasteiger partial charge in [-0.2, -0.15) is 0 Å². The van der Waals surface area contributed by atoms with Crippen molar-refractivity contribution < 1.29 is 18.7 Å². The van der Waals surface area contributed by atoms with Crippen LogP contribution in [0.2, 0.25) is 0 Å². The van der Waals surface area contributed by atoms with Crippen LogP contribution < -0.4 is 0 Å². The summed E-state index contributed by atoms with van der Waals surface area (Å²) in [4.78, 5) is 17.8. The number of nitrogens with zero attached hydrogens (tertiary/aromatic N) is 2. The summed E-state index contributed by atoms with van der Waals surface area (Å²) in [6, 6.07) is 0. The van der Waals surface area contributed by atoms with Crippen LogP contribution in [0.15, 0.2) is 17.1 Å². The third kappa shape index (κ3) is 3.96. The van der Waals surface area contributed by atoms with E-state index >= 15 is 0 Å². The normalized spacial score (nSPS) is 21.0. The summed E-state index contributed by atoms with van der Waals surface area (Å²) < 4.78 is 16.0. The van der Waals surface area contributed by atoms with Gasteiger partial charge in [-0.1, -0.05) is 0 Å². The van der Waals surface area contributed by atoms with Crippen molar-refractivity contribution in [3.63, 3.8) is 0 Å². The molecule has 1 fully saturated rings. The fourth-order valence-electron chi connectivity index (χ4n) is 1.88. The molecule has 1 atom stereocenters. The minimum atomic E-state index is -0.492. The number of oxazole rings is 1. The summed E-state index contributed by atoms with van der Waals surface area (Å²) >= 11 is 0. The van der Waals surface area contributed by atoms with E-state index in [1.165, 1.54) is 6.39 Å². The summed E-state index contributed by atoms with van der Waals surface area (Å²) in [5, 5.41) is 0. The van der Waals surface area contributed by atoms with Crippen molar-refractivity contribution in [1.82, 2.24) is 9.88 Å². The molecule has 106 valence electrons. The summed E-state index contributed by atoms with van der Waals surface area (Å²) in [5.74, 6) is 0. The summed E-state index contributed by atoms with van der Waals surface area (Å²) in [5.41, 5.74) is 0.212. The topological polar surface area (TPSA) is 64.8 Å². The highest BCUT2D eigenvalue weighted by Crippen LogP contribution is 2.21. The van der Waals surface area contributed by atoms with E-state index in [-0.39, 0.29) is 12.2 Å². The maximum atomic E-state index is 12.1. The van der Waals surface area contributed by atoms with Crippen LogP contribution in [0, 0.1) is 0 Å². The molecule has 1 amide bonds. The zero-order valence-corrected chi connectivity index (χ0v) is 11.6. The quantitative estimate of drug-likeness (QED) is 0.782. The average Bonchev–Trinajstić information content (AvgIpc) is 2.71. The smallest absolute Gasteiger partial charge is 0.410 e. The van der Waals surface area contributed by atoms with Crippen LogP contribution in [0.3, 0.4) is 0 Å². The Kier molecular flexibility index (Phi) is 4.09. The Hall–Kier alpha value is -1.56. The van der Waals surface area contributed by atoms with Crippen LogP contribution in [-0.4, -0.2) is 41.3 Å². The van der Waals surface area contributed by atoms with Crippen molar-refractivity contribution in [3.8, 4) is 0 Å². The lowest BCUT2D eigenvalue weighted by Crippen LogP contribution is -2.38. The molecule has 1 aliphatic heterocycles. The number of rotatable bonds is 1. The number of ether oxygens (including phenoxy) is 2. The molecule has 0 aliphatic carbocycles. The van der Waals surface area contributed by atoms with Gasteiger partial charge in [0, 0.05) is 13.2 Å². The van der Waals surface area contributed by atoms with Gasteiger partial charge >= 0.3 is 6.09 Å². The molecule has 2 rings (SSSR count). The largest absolute Gasteiger partial charge is 0.451 e. The second-order valence-electron chi connectivity index (χ2n) is 5.55. The van der Waals surface area contributed by atoms with E-state index < -0.39 is 5.60 Å². The van der Waals surface area contributed by atoms with E-state index in [2.05, 4.69) is 4.98 Å². The second-order valence-corrected chi connectivity index (χ2v) is 5.55. The van der Waals surface area contributed by atoms with Crippen LogP contribution in [0.5, 0.6) is 0 Å². The first kappa shape index (κ1) is 13.9. The fourth-order valence-corrected chi connectivity index (χ4v) is 1.88. The molecule has 1 unspecified atom stereocenters. The Bertz CT molecular complexity index is 411. The third-order valence-electron chi connectivity index (χ3n) is 2.71. The Morgan fingerprint density at radius 3 is 2.95 bits per heavy atom.